The maximum Gasteiger partial charge on any atom is 0.412 e. The molecule has 104 valence electrons. The van der Waals surface area contributed by atoms with E-state index in [-0.39, 0.29) is 0 Å². The summed E-state index contributed by atoms with van der Waals surface area (Å²) in [6, 6.07) is 3.66. The number of anilines is 2. The molecule has 1 aromatic rings. The van der Waals surface area contributed by atoms with E-state index in [1.165, 1.54) is 12.8 Å². The first-order valence-corrected chi connectivity index (χ1v) is 6.66. The van der Waals surface area contributed by atoms with Crippen molar-refractivity contribution in [3.05, 3.63) is 18.3 Å². The van der Waals surface area contributed by atoms with Crippen LogP contribution >= 0.6 is 0 Å². The molecule has 5 heteroatoms. The minimum Gasteiger partial charge on any atom is -0.444 e. The second-order valence-electron chi connectivity index (χ2n) is 5.70. The van der Waals surface area contributed by atoms with Gasteiger partial charge in [-0.25, -0.2) is 9.78 Å². The monoisotopic (exact) mass is 263 g/mol. The third kappa shape index (κ3) is 3.84. The Morgan fingerprint density at radius 3 is 2.68 bits per heavy atom. The van der Waals surface area contributed by atoms with Crippen LogP contribution in [0.2, 0.25) is 0 Å². The lowest BCUT2D eigenvalue weighted by molar-refractivity contribution is 0.0636. The van der Waals surface area contributed by atoms with Crippen LogP contribution in [-0.2, 0) is 4.74 Å². The Morgan fingerprint density at radius 1 is 1.37 bits per heavy atom. The fourth-order valence-electron chi connectivity index (χ4n) is 2.09. The zero-order chi connectivity index (χ0) is 13.9. The van der Waals surface area contributed by atoms with Crippen LogP contribution in [0.4, 0.5) is 16.3 Å². The van der Waals surface area contributed by atoms with Crippen LogP contribution in [0.5, 0.6) is 0 Å². The normalized spacial score (nSPS) is 15.4. The van der Waals surface area contributed by atoms with Gasteiger partial charge < -0.3 is 9.64 Å². The number of carbonyl (C=O) groups excluding carboxylic acids is 1. The number of amides is 1. The molecule has 1 aromatic heterocycles. The quantitative estimate of drug-likeness (QED) is 0.891. The van der Waals surface area contributed by atoms with Crippen molar-refractivity contribution in [3.8, 4) is 0 Å². The summed E-state index contributed by atoms with van der Waals surface area (Å²) in [5, 5.41) is 2.78. The van der Waals surface area contributed by atoms with Crippen LogP contribution in [0.15, 0.2) is 18.3 Å². The van der Waals surface area contributed by atoms with Gasteiger partial charge in [0, 0.05) is 19.3 Å². The van der Waals surface area contributed by atoms with Gasteiger partial charge >= 0.3 is 6.09 Å². The van der Waals surface area contributed by atoms with Crippen molar-refractivity contribution in [2.24, 2.45) is 0 Å². The van der Waals surface area contributed by atoms with E-state index < -0.39 is 11.7 Å². The Bertz CT molecular complexity index is 448. The van der Waals surface area contributed by atoms with E-state index in [4.69, 9.17) is 4.74 Å². The van der Waals surface area contributed by atoms with Crippen LogP contribution in [-0.4, -0.2) is 29.8 Å². The Kier molecular flexibility index (Phi) is 3.93. The van der Waals surface area contributed by atoms with Gasteiger partial charge in [0.15, 0.2) is 5.82 Å². The number of hydrogen-bond acceptors (Lipinski definition) is 4. The van der Waals surface area contributed by atoms with Gasteiger partial charge in [-0.05, 0) is 45.7 Å². The summed E-state index contributed by atoms with van der Waals surface area (Å²) < 4.78 is 5.26. The Hall–Kier alpha value is -1.78. The molecule has 2 heterocycles. The van der Waals surface area contributed by atoms with Crippen molar-refractivity contribution in [2.45, 2.75) is 39.2 Å². The van der Waals surface area contributed by atoms with Gasteiger partial charge in [0.1, 0.15) is 5.60 Å². The molecule has 5 nitrogen and oxygen atoms in total. The first-order chi connectivity index (χ1) is 8.96. The summed E-state index contributed by atoms with van der Waals surface area (Å²) >= 11 is 0. The molecule has 1 aliphatic heterocycles. The standard InChI is InChI=1S/C14H21N3O2/c1-14(2,3)19-13(18)16-11-7-6-8-15-12(11)17-9-4-5-10-17/h6-8H,4-5,9-10H2,1-3H3,(H,16,18). The average Bonchev–Trinajstić information content (AvgIpc) is 2.80. The molecule has 19 heavy (non-hydrogen) atoms. The first-order valence-electron chi connectivity index (χ1n) is 6.66. The molecule has 0 saturated carbocycles. The van der Waals surface area contributed by atoms with Gasteiger partial charge in [0.2, 0.25) is 0 Å². The fourth-order valence-corrected chi connectivity index (χ4v) is 2.09. The van der Waals surface area contributed by atoms with Crippen LogP contribution in [0.25, 0.3) is 0 Å². The van der Waals surface area contributed by atoms with Gasteiger partial charge in [-0.3, -0.25) is 5.32 Å². The Morgan fingerprint density at radius 2 is 2.05 bits per heavy atom. The minimum atomic E-state index is -0.500. The number of hydrogen-bond donors (Lipinski definition) is 1. The van der Waals surface area contributed by atoms with Crippen LogP contribution in [0.3, 0.4) is 0 Å². The van der Waals surface area contributed by atoms with Crippen molar-refractivity contribution in [1.82, 2.24) is 4.98 Å². The smallest absolute Gasteiger partial charge is 0.412 e. The van der Waals surface area contributed by atoms with Crippen molar-refractivity contribution in [2.75, 3.05) is 23.3 Å². The molecule has 1 aliphatic rings. The van der Waals surface area contributed by atoms with Crippen LogP contribution in [0.1, 0.15) is 33.6 Å². The first kappa shape index (κ1) is 13.6. The fraction of sp³-hybridized carbons (Fsp3) is 0.571. The molecule has 0 atom stereocenters. The number of rotatable bonds is 2. The van der Waals surface area contributed by atoms with Gasteiger partial charge in [0.25, 0.3) is 0 Å². The third-order valence-electron chi connectivity index (χ3n) is 2.83. The largest absolute Gasteiger partial charge is 0.444 e. The molecule has 0 bridgehead atoms. The molecule has 0 spiro atoms. The van der Waals surface area contributed by atoms with E-state index in [0.29, 0.717) is 5.69 Å². The molecule has 1 fully saturated rings. The van der Waals surface area contributed by atoms with Crippen LogP contribution < -0.4 is 10.2 Å². The van der Waals surface area contributed by atoms with E-state index in [2.05, 4.69) is 15.2 Å². The number of pyridine rings is 1. The SMILES string of the molecule is CC(C)(C)OC(=O)Nc1cccnc1N1CCCC1. The molecule has 1 amide bonds. The number of nitrogens with one attached hydrogen (secondary N) is 1. The molecule has 0 unspecified atom stereocenters. The predicted octanol–water partition coefficient (Wildman–Crippen LogP) is 3.03. The van der Waals surface area contributed by atoms with E-state index >= 15 is 0 Å². The van der Waals surface area contributed by atoms with E-state index in [1.54, 1.807) is 6.20 Å². The van der Waals surface area contributed by atoms with Crippen LogP contribution in [0, 0.1) is 0 Å². The third-order valence-corrected chi connectivity index (χ3v) is 2.83. The zero-order valence-corrected chi connectivity index (χ0v) is 11.8. The van der Waals surface area contributed by atoms with Crippen molar-refractivity contribution in [3.63, 3.8) is 0 Å². The number of ether oxygens (including phenoxy) is 1. The molecule has 0 radical (unpaired) electrons. The molecule has 0 aromatic carbocycles. The van der Waals surface area contributed by atoms with E-state index in [1.807, 2.05) is 32.9 Å². The maximum atomic E-state index is 11.8. The molecule has 1 N–H and O–H groups in total. The summed E-state index contributed by atoms with van der Waals surface area (Å²) in [5.41, 5.74) is 0.207. The van der Waals surface area contributed by atoms with Gasteiger partial charge in [0.05, 0.1) is 5.69 Å². The lowest BCUT2D eigenvalue weighted by Gasteiger charge is -2.22. The highest BCUT2D eigenvalue weighted by Crippen LogP contribution is 2.26. The number of nitrogens with zero attached hydrogens (tertiary/aromatic N) is 2. The molecular weight excluding hydrogens is 242 g/mol. The molecule has 1 saturated heterocycles. The maximum absolute atomic E-state index is 11.8. The lowest BCUT2D eigenvalue weighted by Crippen LogP contribution is -2.28. The predicted molar refractivity (Wildman–Crippen MR) is 75.5 cm³/mol. The summed E-state index contributed by atoms with van der Waals surface area (Å²) in [4.78, 5) is 18.4. The van der Waals surface area contributed by atoms with E-state index in [9.17, 15) is 4.79 Å². The van der Waals surface area contributed by atoms with Crippen molar-refractivity contribution >= 4 is 17.6 Å². The summed E-state index contributed by atoms with van der Waals surface area (Å²) in [5.74, 6) is 0.825. The lowest BCUT2D eigenvalue weighted by atomic mass is 10.2. The van der Waals surface area contributed by atoms with Crippen molar-refractivity contribution < 1.29 is 9.53 Å². The van der Waals surface area contributed by atoms with Crippen molar-refractivity contribution in [1.29, 1.82) is 0 Å². The topological polar surface area (TPSA) is 54.5 Å². The minimum absolute atomic E-state index is 0.444. The second-order valence-corrected chi connectivity index (χ2v) is 5.70. The summed E-state index contributed by atoms with van der Waals surface area (Å²) in [7, 11) is 0. The average molecular weight is 263 g/mol. The molecule has 2 rings (SSSR count). The Balaban J connectivity index is 2.09. The summed E-state index contributed by atoms with van der Waals surface area (Å²) in [6.07, 6.45) is 3.64. The highest BCUT2D eigenvalue weighted by Gasteiger charge is 2.20. The second kappa shape index (κ2) is 5.47. The zero-order valence-electron chi connectivity index (χ0n) is 11.8. The van der Waals surface area contributed by atoms with Gasteiger partial charge in [-0.15, -0.1) is 0 Å². The number of carbonyl (C=O) groups is 1. The highest BCUT2D eigenvalue weighted by atomic mass is 16.6. The van der Waals surface area contributed by atoms with E-state index in [0.717, 1.165) is 18.9 Å². The summed E-state index contributed by atoms with van der Waals surface area (Å²) in [6.45, 7) is 7.51. The number of aromatic nitrogens is 1. The van der Waals surface area contributed by atoms with Gasteiger partial charge in [-0.1, -0.05) is 0 Å². The highest BCUT2D eigenvalue weighted by molar-refractivity contribution is 5.88. The molecular formula is C14H21N3O2. The Labute approximate surface area is 114 Å². The van der Waals surface area contributed by atoms with Gasteiger partial charge in [-0.2, -0.15) is 0 Å². The molecule has 0 aliphatic carbocycles.